The molecular formula is C12H14N4S. The van der Waals surface area contributed by atoms with Crippen LogP contribution in [0.2, 0.25) is 0 Å². The van der Waals surface area contributed by atoms with E-state index in [4.69, 9.17) is 5.26 Å². The van der Waals surface area contributed by atoms with Gasteiger partial charge >= 0.3 is 0 Å². The van der Waals surface area contributed by atoms with Gasteiger partial charge in [0, 0.05) is 31.2 Å². The Labute approximate surface area is 105 Å². The van der Waals surface area contributed by atoms with Crippen molar-refractivity contribution in [3.05, 3.63) is 39.6 Å². The zero-order chi connectivity index (χ0) is 12.3. The van der Waals surface area contributed by atoms with Crippen molar-refractivity contribution in [2.24, 2.45) is 7.05 Å². The van der Waals surface area contributed by atoms with E-state index >= 15 is 0 Å². The lowest BCUT2D eigenvalue weighted by Gasteiger charge is -2.03. The molecule has 0 aliphatic heterocycles. The molecule has 2 aromatic heterocycles. The molecular weight excluding hydrogens is 232 g/mol. The first-order valence-corrected chi connectivity index (χ1v) is 6.29. The maximum atomic E-state index is 8.93. The standard InChI is InChI=1S/C12H14N4S/c1-9-10(3-12(4-13)16(9)2)5-14-6-11-7-17-8-15-11/h3,7-8,14H,5-6H2,1-2H3. The third-order valence-electron chi connectivity index (χ3n) is 2.86. The molecule has 0 atom stereocenters. The fraction of sp³-hybridized carbons (Fsp3) is 0.333. The maximum Gasteiger partial charge on any atom is 0.120 e. The van der Waals surface area contributed by atoms with Crippen molar-refractivity contribution in [3.8, 4) is 6.07 Å². The predicted molar refractivity (Wildman–Crippen MR) is 67.5 cm³/mol. The van der Waals surface area contributed by atoms with E-state index in [0.29, 0.717) is 5.69 Å². The van der Waals surface area contributed by atoms with Crippen LogP contribution in [0.15, 0.2) is 17.0 Å². The Balaban J connectivity index is 1.98. The number of nitrogens with zero attached hydrogens (tertiary/aromatic N) is 3. The summed E-state index contributed by atoms with van der Waals surface area (Å²) in [7, 11) is 1.91. The molecule has 0 aliphatic rings. The van der Waals surface area contributed by atoms with Crippen LogP contribution in [0.4, 0.5) is 0 Å². The summed E-state index contributed by atoms with van der Waals surface area (Å²) in [5.41, 5.74) is 5.89. The van der Waals surface area contributed by atoms with E-state index in [9.17, 15) is 0 Å². The smallest absolute Gasteiger partial charge is 0.120 e. The second kappa shape index (κ2) is 5.13. The first kappa shape index (κ1) is 11.8. The molecule has 1 N–H and O–H groups in total. The molecule has 2 rings (SSSR count). The van der Waals surface area contributed by atoms with Gasteiger partial charge in [-0.3, -0.25) is 0 Å². The van der Waals surface area contributed by atoms with Gasteiger partial charge in [-0.25, -0.2) is 4.98 Å². The zero-order valence-corrected chi connectivity index (χ0v) is 10.7. The first-order chi connectivity index (χ1) is 8.22. The highest BCUT2D eigenvalue weighted by Crippen LogP contribution is 2.13. The van der Waals surface area contributed by atoms with Gasteiger partial charge in [0.25, 0.3) is 0 Å². The van der Waals surface area contributed by atoms with Crippen molar-refractivity contribution in [1.29, 1.82) is 5.26 Å². The first-order valence-electron chi connectivity index (χ1n) is 5.35. The van der Waals surface area contributed by atoms with Crippen molar-refractivity contribution in [3.63, 3.8) is 0 Å². The Bertz CT molecular complexity index is 534. The van der Waals surface area contributed by atoms with E-state index in [1.807, 2.05) is 35.5 Å². The van der Waals surface area contributed by atoms with Crippen LogP contribution >= 0.6 is 11.3 Å². The molecule has 0 saturated heterocycles. The van der Waals surface area contributed by atoms with Crippen LogP contribution in [-0.4, -0.2) is 9.55 Å². The minimum absolute atomic E-state index is 0.702. The molecule has 0 bridgehead atoms. The second-order valence-corrected chi connectivity index (χ2v) is 4.61. The van der Waals surface area contributed by atoms with E-state index in [1.165, 1.54) is 5.56 Å². The van der Waals surface area contributed by atoms with Crippen LogP contribution in [0.5, 0.6) is 0 Å². The highest BCUT2D eigenvalue weighted by Gasteiger charge is 2.07. The Morgan fingerprint density at radius 3 is 2.94 bits per heavy atom. The van der Waals surface area contributed by atoms with Crippen molar-refractivity contribution >= 4 is 11.3 Å². The van der Waals surface area contributed by atoms with Gasteiger partial charge in [0.1, 0.15) is 11.8 Å². The van der Waals surface area contributed by atoms with Gasteiger partial charge in [0.2, 0.25) is 0 Å². The molecule has 2 heterocycles. The lowest BCUT2D eigenvalue weighted by molar-refractivity contribution is 0.677. The molecule has 0 radical (unpaired) electrons. The van der Waals surface area contributed by atoms with E-state index in [0.717, 1.165) is 24.5 Å². The molecule has 17 heavy (non-hydrogen) atoms. The number of aromatic nitrogens is 2. The lowest BCUT2D eigenvalue weighted by Crippen LogP contribution is -2.13. The molecule has 4 nitrogen and oxygen atoms in total. The van der Waals surface area contributed by atoms with Gasteiger partial charge in [0.05, 0.1) is 11.2 Å². The summed E-state index contributed by atoms with van der Waals surface area (Å²) >= 11 is 1.60. The third kappa shape index (κ3) is 2.54. The Morgan fingerprint density at radius 1 is 1.53 bits per heavy atom. The Hall–Kier alpha value is -1.64. The second-order valence-electron chi connectivity index (χ2n) is 3.89. The summed E-state index contributed by atoms with van der Waals surface area (Å²) in [6.07, 6.45) is 0. The number of hydrogen-bond acceptors (Lipinski definition) is 4. The maximum absolute atomic E-state index is 8.93. The van der Waals surface area contributed by atoms with Gasteiger partial charge < -0.3 is 9.88 Å². The normalized spacial score (nSPS) is 10.4. The van der Waals surface area contributed by atoms with E-state index < -0.39 is 0 Å². The molecule has 2 aromatic rings. The largest absolute Gasteiger partial charge is 0.340 e. The zero-order valence-electron chi connectivity index (χ0n) is 9.90. The summed E-state index contributed by atoms with van der Waals surface area (Å²) in [6.45, 7) is 3.55. The fourth-order valence-corrected chi connectivity index (χ4v) is 2.26. The van der Waals surface area contributed by atoms with E-state index in [1.54, 1.807) is 11.3 Å². The molecule has 0 aliphatic carbocycles. The number of hydrogen-bond donors (Lipinski definition) is 1. The predicted octanol–water partition coefficient (Wildman–Crippen LogP) is 1.95. The average Bonchev–Trinajstić information content (AvgIpc) is 2.92. The van der Waals surface area contributed by atoms with E-state index in [-0.39, 0.29) is 0 Å². The molecule has 5 heteroatoms. The summed E-state index contributed by atoms with van der Waals surface area (Å²) < 4.78 is 1.92. The summed E-state index contributed by atoms with van der Waals surface area (Å²) in [5.74, 6) is 0. The fourth-order valence-electron chi connectivity index (χ4n) is 1.70. The molecule has 0 spiro atoms. The van der Waals surface area contributed by atoms with Gasteiger partial charge in [-0.1, -0.05) is 0 Å². The highest BCUT2D eigenvalue weighted by molar-refractivity contribution is 7.07. The molecule has 0 saturated carbocycles. The third-order valence-corrected chi connectivity index (χ3v) is 3.50. The number of nitrogens with one attached hydrogen (secondary N) is 1. The highest BCUT2D eigenvalue weighted by atomic mass is 32.1. The van der Waals surface area contributed by atoms with Gasteiger partial charge in [-0.2, -0.15) is 5.26 Å². The van der Waals surface area contributed by atoms with Crippen LogP contribution in [0.25, 0.3) is 0 Å². The van der Waals surface area contributed by atoms with Crippen LogP contribution < -0.4 is 5.32 Å². The SMILES string of the molecule is Cc1c(CNCc2cscn2)cc(C#N)n1C. The van der Waals surface area contributed by atoms with Gasteiger partial charge in [-0.05, 0) is 18.6 Å². The molecule has 0 aromatic carbocycles. The van der Waals surface area contributed by atoms with Gasteiger partial charge in [0.15, 0.2) is 0 Å². The molecule has 0 unspecified atom stereocenters. The Morgan fingerprint density at radius 2 is 2.35 bits per heavy atom. The minimum Gasteiger partial charge on any atom is -0.340 e. The van der Waals surface area contributed by atoms with Crippen molar-refractivity contribution < 1.29 is 0 Å². The van der Waals surface area contributed by atoms with Gasteiger partial charge in [-0.15, -0.1) is 11.3 Å². The minimum atomic E-state index is 0.702. The van der Waals surface area contributed by atoms with Crippen LogP contribution in [0.1, 0.15) is 22.6 Å². The van der Waals surface area contributed by atoms with Crippen LogP contribution in [0.3, 0.4) is 0 Å². The molecule has 0 fully saturated rings. The quantitative estimate of drug-likeness (QED) is 0.897. The van der Waals surface area contributed by atoms with Crippen molar-refractivity contribution in [2.75, 3.05) is 0 Å². The summed E-state index contributed by atoms with van der Waals surface area (Å²) in [4.78, 5) is 4.21. The Kier molecular flexibility index (Phi) is 3.57. The number of nitriles is 1. The summed E-state index contributed by atoms with van der Waals surface area (Å²) in [5, 5.41) is 14.3. The number of rotatable bonds is 4. The van der Waals surface area contributed by atoms with Crippen molar-refractivity contribution in [1.82, 2.24) is 14.9 Å². The lowest BCUT2D eigenvalue weighted by atomic mass is 10.2. The van der Waals surface area contributed by atoms with Crippen LogP contribution in [-0.2, 0) is 20.1 Å². The van der Waals surface area contributed by atoms with E-state index in [2.05, 4.69) is 16.4 Å². The monoisotopic (exact) mass is 246 g/mol. The average molecular weight is 246 g/mol. The number of thiazole rings is 1. The molecule has 88 valence electrons. The summed E-state index contributed by atoms with van der Waals surface area (Å²) in [6, 6.07) is 4.12. The topological polar surface area (TPSA) is 53.6 Å². The van der Waals surface area contributed by atoms with Crippen LogP contribution in [0, 0.1) is 18.3 Å². The van der Waals surface area contributed by atoms with Crippen molar-refractivity contribution in [2.45, 2.75) is 20.0 Å². The molecule has 0 amide bonds.